The molecule has 0 aliphatic heterocycles. The largest absolute Gasteiger partial charge is 0.493 e. The average molecular weight is 451 g/mol. The topological polar surface area (TPSA) is 78.9 Å². The van der Waals surface area contributed by atoms with Crippen LogP contribution in [0, 0.1) is 0 Å². The average Bonchev–Trinajstić information content (AvgIpc) is 2.86. The first-order valence-corrected chi connectivity index (χ1v) is 10.7. The Morgan fingerprint density at radius 1 is 0.970 bits per heavy atom. The number of carbonyl (C=O) groups is 1. The van der Waals surface area contributed by atoms with E-state index in [1.54, 1.807) is 33.7 Å². The van der Waals surface area contributed by atoms with Crippen LogP contribution in [-0.2, 0) is 17.8 Å². The van der Waals surface area contributed by atoms with Crippen molar-refractivity contribution in [2.75, 3.05) is 21.3 Å². The van der Waals surface area contributed by atoms with Gasteiger partial charge in [0.2, 0.25) is 11.7 Å². The number of hydrogen-bond acceptors (Lipinski definition) is 6. The van der Waals surface area contributed by atoms with E-state index in [1.807, 2.05) is 55.5 Å². The van der Waals surface area contributed by atoms with Crippen molar-refractivity contribution < 1.29 is 23.7 Å². The predicted octanol–water partition coefficient (Wildman–Crippen LogP) is 4.50. The Kier molecular flexibility index (Phi) is 8.52. The van der Waals surface area contributed by atoms with Gasteiger partial charge in [-0.3, -0.25) is 9.78 Å². The zero-order valence-corrected chi connectivity index (χ0v) is 19.5. The SMILES string of the molecule is COc1cc(CCC(=O)NC(C)c2ccc(OCc3cccnc3)cc2)cc(OC)c1OC. The van der Waals surface area contributed by atoms with Crippen LogP contribution in [0.5, 0.6) is 23.0 Å². The Balaban J connectivity index is 1.52. The van der Waals surface area contributed by atoms with E-state index >= 15 is 0 Å². The summed E-state index contributed by atoms with van der Waals surface area (Å²) < 4.78 is 21.9. The van der Waals surface area contributed by atoms with E-state index in [-0.39, 0.29) is 11.9 Å². The number of benzene rings is 2. The van der Waals surface area contributed by atoms with Gasteiger partial charge in [0.15, 0.2) is 11.5 Å². The molecule has 0 radical (unpaired) electrons. The van der Waals surface area contributed by atoms with Crippen molar-refractivity contribution in [3.63, 3.8) is 0 Å². The maximum Gasteiger partial charge on any atom is 0.220 e. The zero-order chi connectivity index (χ0) is 23.6. The number of pyridine rings is 1. The van der Waals surface area contributed by atoms with Gasteiger partial charge in [-0.25, -0.2) is 0 Å². The molecule has 0 saturated carbocycles. The number of carbonyl (C=O) groups excluding carboxylic acids is 1. The fourth-order valence-corrected chi connectivity index (χ4v) is 3.44. The number of amides is 1. The van der Waals surface area contributed by atoms with Crippen LogP contribution < -0.4 is 24.3 Å². The van der Waals surface area contributed by atoms with Gasteiger partial charge in [-0.05, 0) is 54.8 Å². The van der Waals surface area contributed by atoms with Crippen LogP contribution in [0.1, 0.15) is 36.1 Å². The summed E-state index contributed by atoms with van der Waals surface area (Å²) in [5.74, 6) is 2.42. The van der Waals surface area contributed by atoms with Gasteiger partial charge >= 0.3 is 0 Å². The lowest BCUT2D eigenvalue weighted by Crippen LogP contribution is -2.26. The normalized spacial score (nSPS) is 11.4. The van der Waals surface area contributed by atoms with Gasteiger partial charge in [0.25, 0.3) is 0 Å². The van der Waals surface area contributed by atoms with E-state index in [2.05, 4.69) is 10.3 Å². The van der Waals surface area contributed by atoms with E-state index in [0.717, 1.165) is 22.4 Å². The summed E-state index contributed by atoms with van der Waals surface area (Å²) in [5.41, 5.74) is 2.95. The smallest absolute Gasteiger partial charge is 0.220 e. The second kappa shape index (κ2) is 11.8. The van der Waals surface area contributed by atoms with Gasteiger partial charge in [-0.1, -0.05) is 18.2 Å². The van der Waals surface area contributed by atoms with Crippen molar-refractivity contribution in [2.45, 2.75) is 32.4 Å². The molecule has 1 N–H and O–H groups in total. The summed E-state index contributed by atoms with van der Waals surface area (Å²) in [4.78, 5) is 16.6. The fourth-order valence-electron chi connectivity index (χ4n) is 3.44. The van der Waals surface area contributed by atoms with Crippen molar-refractivity contribution >= 4 is 5.91 Å². The van der Waals surface area contributed by atoms with E-state index in [9.17, 15) is 4.79 Å². The molecule has 174 valence electrons. The number of aryl methyl sites for hydroxylation is 1. The van der Waals surface area contributed by atoms with Crippen LogP contribution in [0.15, 0.2) is 60.9 Å². The van der Waals surface area contributed by atoms with E-state index < -0.39 is 0 Å². The van der Waals surface area contributed by atoms with Gasteiger partial charge in [-0.2, -0.15) is 0 Å². The number of rotatable bonds is 11. The molecule has 1 atom stereocenters. The van der Waals surface area contributed by atoms with Crippen molar-refractivity contribution in [1.82, 2.24) is 10.3 Å². The number of aromatic nitrogens is 1. The molecular formula is C26H30N2O5. The predicted molar refractivity (Wildman–Crippen MR) is 126 cm³/mol. The van der Waals surface area contributed by atoms with Crippen LogP contribution in [0.2, 0.25) is 0 Å². The maximum atomic E-state index is 12.5. The highest BCUT2D eigenvalue weighted by Crippen LogP contribution is 2.38. The molecule has 3 rings (SSSR count). The molecule has 1 heterocycles. The minimum Gasteiger partial charge on any atom is -0.493 e. The van der Waals surface area contributed by atoms with Crippen LogP contribution in [0.4, 0.5) is 0 Å². The molecule has 2 aromatic carbocycles. The first-order chi connectivity index (χ1) is 16.0. The van der Waals surface area contributed by atoms with Crippen LogP contribution in [-0.4, -0.2) is 32.2 Å². The molecule has 0 spiro atoms. The van der Waals surface area contributed by atoms with Crippen molar-refractivity contribution in [3.8, 4) is 23.0 Å². The molecule has 1 amide bonds. The Bertz CT molecular complexity index is 1010. The number of nitrogens with one attached hydrogen (secondary N) is 1. The highest BCUT2D eigenvalue weighted by molar-refractivity contribution is 5.76. The molecule has 1 aromatic heterocycles. The summed E-state index contributed by atoms with van der Waals surface area (Å²) in [7, 11) is 4.71. The summed E-state index contributed by atoms with van der Waals surface area (Å²) in [5, 5.41) is 3.05. The van der Waals surface area contributed by atoms with Gasteiger partial charge in [-0.15, -0.1) is 0 Å². The first kappa shape index (κ1) is 23.9. The lowest BCUT2D eigenvalue weighted by atomic mass is 10.1. The third kappa shape index (κ3) is 6.62. The number of methoxy groups -OCH3 is 3. The molecule has 0 saturated heterocycles. The molecule has 0 aliphatic carbocycles. The third-order valence-electron chi connectivity index (χ3n) is 5.25. The fraction of sp³-hybridized carbons (Fsp3) is 0.308. The number of nitrogens with zero attached hydrogens (tertiary/aromatic N) is 1. The maximum absolute atomic E-state index is 12.5. The van der Waals surface area contributed by atoms with Gasteiger partial charge < -0.3 is 24.3 Å². The Hall–Kier alpha value is -3.74. The van der Waals surface area contributed by atoms with Crippen molar-refractivity contribution in [2.24, 2.45) is 0 Å². The second-order valence-corrected chi connectivity index (χ2v) is 7.54. The highest BCUT2D eigenvalue weighted by atomic mass is 16.5. The molecular weight excluding hydrogens is 420 g/mol. The van der Waals surface area contributed by atoms with Gasteiger partial charge in [0.1, 0.15) is 12.4 Å². The molecule has 7 nitrogen and oxygen atoms in total. The Morgan fingerprint density at radius 3 is 2.24 bits per heavy atom. The molecule has 0 fully saturated rings. The molecule has 33 heavy (non-hydrogen) atoms. The van der Waals surface area contributed by atoms with E-state index in [4.69, 9.17) is 18.9 Å². The lowest BCUT2D eigenvalue weighted by Gasteiger charge is -2.16. The first-order valence-electron chi connectivity index (χ1n) is 10.7. The van der Waals surface area contributed by atoms with Gasteiger partial charge in [0, 0.05) is 24.4 Å². The van der Waals surface area contributed by atoms with Crippen molar-refractivity contribution in [3.05, 3.63) is 77.6 Å². The summed E-state index contributed by atoms with van der Waals surface area (Å²) >= 11 is 0. The van der Waals surface area contributed by atoms with Gasteiger partial charge in [0.05, 0.1) is 27.4 Å². The van der Waals surface area contributed by atoms with Crippen LogP contribution in [0.3, 0.4) is 0 Å². The molecule has 3 aromatic rings. The van der Waals surface area contributed by atoms with E-state index in [1.165, 1.54) is 0 Å². The third-order valence-corrected chi connectivity index (χ3v) is 5.25. The second-order valence-electron chi connectivity index (χ2n) is 7.54. The summed E-state index contributed by atoms with van der Waals surface area (Å²) in [6.07, 6.45) is 4.41. The lowest BCUT2D eigenvalue weighted by molar-refractivity contribution is -0.121. The minimum absolute atomic E-state index is 0.0341. The molecule has 1 unspecified atom stereocenters. The minimum atomic E-state index is -0.121. The standard InChI is InChI=1S/C26H30N2O5/c1-18(21-8-10-22(11-9-21)33-17-20-6-5-13-27-16-20)28-25(29)12-7-19-14-23(30-2)26(32-4)24(15-19)31-3/h5-6,8-11,13-16,18H,7,12,17H2,1-4H3,(H,28,29). The van der Waals surface area contributed by atoms with E-state index in [0.29, 0.717) is 36.7 Å². The monoisotopic (exact) mass is 450 g/mol. The zero-order valence-electron chi connectivity index (χ0n) is 19.5. The number of hydrogen-bond donors (Lipinski definition) is 1. The highest BCUT2D eigenvalue weighted by Gasteiger charge is 2.15. The van der Waals surface area contributed by atoms with Crippen molar-refractivity contribution in [1.29, 1.82) is 0 Å². The Labute approximate surface area is 194 Å². The summed E-state index contributed by atoms with van der Waals surface area (Å²) in [6.45, 7) is 2.42. The van der Waals surface area contributed by atoms with Crippen LogP contribution in [0.25, 0.3) is 0 Å². The summed E-state index contributed by atoms with van der Waals surface area (Å²) in [6, 6.07) is 15.2. The quantitative estimate of drug-likeness (QED) is 0.464. The number of ether oxygens (including phenoxy) is 4. The Morgan fingerprint density at radius 2 is 1.67 bits per heavy atom. The molecule has 0 aliphatic rings. The molecule has 0 bridgehead atoms. The molecule has 7 heteroatoms. The van der Waals surface area contributed by atoms with Crippen LogP contribution >= 0.6 is 0 Å².